The molecule has 1 atom stereocenters. The monoisotopic (exact) mass is 282 g/mol. The molecule has 1 aliphatic rings. The lowest BCUT2D eigenvalue weighted by Crippen LogP contribution is -2.30. The zero-order chi connectivity index (χ0) is 14.2. The highest BCUT2D eigenvalue weighted by Crippen LogP contribution is 2.33. The van der Waals surface area contributed by atoms with Crippen molar-refractivity contribution in [2.75, 3.05) is 13.1 Å². The van der Waals surface area contributed by atoms with Crippen molar-refractivity contribution in [3.63, 3.8) is 0 Å². The molecule has 2 aromatic rings. The van der Waals surface area contributed by atoms with Crippen molar-refractivity contribution < 1.29 is 13.2 Å². The molecular formula is C15H17F3N2. The molecule has 1 fully saturated rings. The van der Waals surface area contributed by atoms with Gasteiger partial charge in [-0.3, -0.25) is 0 Å². The van der Waals surface area contributed by atoms with Crippen molar-refractivity contribution in [3.8, 4) is 0 Å². The number of piperidine rings is 1. The van der Waals surface area contributed by atoms with Gasteiger partial charge in [0, 0.05) is 10.9 Å². The maximum atomic E-state index is 12.8. The van der Waals surface area contributed by atoms with Gasteiger partial charge in [0.15, 0.2) is 0 Å². The quantitative estimate of drug-likeness (QED) is 0.863. The van der Waals surface area contributed by atoms with Crippen molar-refractivity contribution in [1.29, 1.82) is 0 Å². The minimum Gasteiger partial charge on any atom is -0.351 e. The lowest BCUT2D eigenvalue weighted by Gasteiger charge is -2.22. The number of benzene rings is 1. The Labute approximate surface area is 115 Å². The van der Waals surface area contributed by atoms with E-state index in [0.717, 1.165) is 37.9 Å². The predicted octanol–water partition coefficient (Wildman–Crippen LogP) is 3.73. The third-order valence-electron chi connectivity index (χ3n) is 3.97. The van der Waals surface area contributed by atoms with Gasteiger partial charge in [0.05, 0.1) is 0 Å². The lowest BCUT2D eigenvalue weighted by molar-refractivity contribution is -0.140. The average molecular weight is 282 g/mol. The van der Waals surface area contributed by atoms with Crippen LogP contribution in [0.15, 0.2) is 24.3 Å². The number of nitrogens with one attached hydrogen (secondary N) is 2. The lowest BCUT2D eigenvalue weighted by atomic mass is 9.91. The Balaban J connectivity index is 1.92. The SMILES string of the molecule is FC(F)(F)c1cc2c(CC3CCCNC3)cccc2[nH]1. The summed E-state index contributed by atoms with van der Waals surface area (Å²) in [5.74, 6) is 0.513. The van der Waals surface area contributed by atoms with Crippen molar-refractivity contribution >= 4 is 10.9 Å². The van der Waals surface area contributed by atoms with Gasteiger partial charge in [-0.25, -0.2) is 0 Å². The van der Waals surface area contributed by atoms with Crippen LogP contribution in [0.2, 0.25) is 0 Å². The number of alkyl halides is 3. The van der Waals surface area contributed by atoms with E-state index in [1.807, 2.05) is 12.1 Å². The molecule has 20 heavy (non-hydrogen) atoms. The molecule has 2 heterocycles. The standard InChI is InChI=1S/C15H17F3N2/c16-15(17,18)14-8-12-11(4-1-5-13(12)20-14)7-10-3-2-6-19-9-10/h1,4-5,8,10,19-20H,2-3,6-7,9H2. The Morgan fingerprint density at radius 2 is 2.10 bits per heavy atom. The van der Waals surface area contributed by atoms with Crippen molar-refractivity contribution in [2.24, 2.45) is 5.92 Å². The molecule has 0 saturated carbocycles. The van der Waals surface area contributed by atoms with Gasteiger partial charge < -0.3 is 10.3 Å². The summed E-state index contributed by atoms with van der Waals surface area (Å²) >= 11 is 0. The largest absolute Gasteiger partial charge is 0.431 e. The molecule has 1 unspecified atom stereocenters. The number of hydrogen-bond acceptors (Lipinski definition) is 1. The van der Waals surface area contributed by atoms with E-state index in [2.05, 4.69) is 10.3 Å². The van der Waals surface area contributed by atoms with Gasteiger partial charge in [-0.15, -0.1) is 0 Å². The summed E-state index contributed by atoms with van der Waals surface area (Å²) < 4.78 is 38.3. The second-order valence-electron chi connectivity index (χ2n) is 5.48. The molecule has 3 rings (SSSR count). The fraction of sp³-hybridized carbons (Fsp3) is 0.467. The summed E-state index contributed by atoms with van der Waals surface area (Å²) in [4.78, 5) is 2.47. The molecule has 0 amide bonds. The smallest absolute Gasteiger partial charge is 0.351 e. The van der Waals surface area contributed by atoms with Crippen LogP contribution in [0.25, 0.3) is 10.9 Å². The van der Waals surface area contributed by atoms with Gasteiger partial charge in [0.1, 0.15) is 5.69 Å². The zero-order valence-corrected chi connectivity index (χ0v) is 11.1. The topological polar surface area (TPSA) is 27.8 Å². The number of hydrogen-bond donors (Lipinski definition) is 2. The Bertz CT molecular complexity index is 595. The van der Waals surface area contributed by atoms with E-state index in [1.165, 1.54) is 6.07 Å². The highest BCUT2D eigenvalue weighted by Gasteiger charge is 2.32. The molecule has 0 radical (unpaired) electrons. The summed E-state index contributed by atoms with van der Waals surface area (Å²) in [5, 5.41) is 4.04. The molecule has 1 saturated heterocycles. The predicted molar refractivity (Wildman–Crippen MR) is 72.6 cm³/mol. The fourth-order valence-electron chi connectivity index (χ4n) is 2.96. The number of aromatic amines is 1. The van der Waals surface area contributed by atoms with E-state index in [4.69, 9.17) is 0 Å². The first-order valence-electron chi connectivity index (χ1n) is 6.92. The van der Waals surface area contributed by atoms with Crippen LogP contribution in [0.1, 0.15) is 24.1 Å². The van der Waals surface area contributed by atoms with Crippen LogP contribution in [0.4, 0.5) is 13.2 Å². The van der Waals surface area contributed by atoms with Gasteiger partial charge in [-0.1, -0.05) is 12.1 Å². The first-order chi connectivity index (χ1) is 9.54. The Morgan fingerprint density at radius 1 is 1.25 bits per heavy atom. The Hall–Kier alpha value is -1.49. The maximum absolute atomic E-state index is 12.8. The van der Waals surface area contributed by atoms with E-state index in [9.17, 15) is 13.2 Å². The van der Waals surface area contributed by atoms with Crippen molar-refractivity contribution in [1.82, 2.24) is 10.3 Å². The second kappa shape index (κ2) is 5.13. The zero-order valence-electron chi connectivity index (χ0n) is 11.1. The first kappa shape index (κ1) is 13.5. The molecule has 5 heteroatoms. The molecule has 108 valence electrons. The van der Waals surface area contributed by atoms with Crippen LogP contribution >= 0.6 is 0 Å². The van der Waals surface area contributed by atoms with Gasteiger partial charge in [-0.05, 0) is 56.0 Å². The number of fused-ring (bicyclic) bond motifs is 1. The first-order valence-corrected chi connectivity index (χ1v) is 6.92. The summed E-state index contributed by atoms with van der Waals surface area (Å²) in [5.41, 5.74) is 0.906. The molecule has 0 spiro atoms. The van der Waals surface area contributed by atoms with Gasteiger partial charge in [-0.2, -0.15) is 13.2 Å². The van der Waals surface area contributed by atoms with Gasteiger partial charge in [0.25, 0.3) is 0 Å². The summed E-state index contributed by atoms with van der Waals surface area (Å²) in [6.07, 6.45) is -1.20. The molecule has 1 aliphatic heterocycles. The maximum Gasteiger partial charge on any atom is 0.431 e. The van der Waals surface area contributed by atoms with Crippen LogP contribution in [-0.4, -0.2) is 18.1 Å². The highest BCUT2D eigenvalue weighted by atomic mass is 19.4. The summed E-state index contributed by atoms with van der Waals surface area (Å²) in [6.45, 7) is 2.00. The molecule has 2 N–H and O–H groups in total. The third kappa shape index (κ3) is 2.68. The molecule has 2 nitrogen and oxygen atoms in total. The van der Waals surface area contributed by atoms with Crippen LogP contribution in [0.5, 0.6) is 0 Å². The van der Waals surface area contributed by atoms with E-state index >= 15 is 0 Å². The fourth-order valence-corrected chi connectivity index (χ4v) is 2.96. The third-order valence-corrected chi connectivity index (χ3v) is 3.97. The number of rotatable bonds is 2. The summed E-state index contributed by atoms with van der Waals surface area (Å²) in [7, 11) is 0. The van der Waals surface area contributed by atoms with E-state index in [0.29, 0.717) is 16.8 Å². The van der Waals surface area contributed by atoms with E-state index in [1.54, 1.807) is 6.07 Å². The number of H-pyrrole nitrogens is 1. The van der Waals surface area contributed by atoms with Gasteiger partial charge in [0.2, 0.25) is 0 Å². The Morgan fingerprint density at radius 3 is 2.80 bits per heavy atom. The molecular weight excluding hydrogens is 265 g/mol. The van der Waals surface area contributed by atoms with Crippen LogP contribution in [0, 0.1) is 5.92 Å². The normalized spacial score (nSPS) is 20.4. The molecule has 0 aliphatic carbocycles. The van der Waals surface area contributed by atoms with Gasteiger partial charge >= 0.3 is 6.18 Å². The van der Waals surface area contributed by atoms with Crippen LogP contribution in [0.3, 0.4) is 0 Å². The van der Waals surface area contributed by atoms with E-state index in [-0.39, 0.29) is 0 Å². The second-order valence-corrected chi connectivity index (χ2v) is 5.48. The molecule has 1 aromatic carbocycles. The Kier molecular flexibility index (Phi) is 3.46. The molecule has 0 bridgehead atoms. The van der Waals surface area contributed by atoms with Crippen LogP contribution < -0.4 is 5.32 Å². The number of halogens is 3. The minimum atomic E-state index is -4.32. The van der Waals surface area contributed by atoms with Crippen molar-refractivity contribution in [2.45, 2.75) is 25.4 Å². The highest BCUT2D eigenvalue weighted by molar-refractivity contribution is 5.84. The summed E-state index contributed by atoms with van der Waals surface area (Å²) in [6, 6.07) is 6.70. The molecule has 1 aromatic heterocycles. The van der Waals surface area contributed by atoms with Crippen LogP contribution in [-0.2, 0) is 12.6 Å². The van der Waals surface area contributed by atoms with E-state index < -0.39 is 11.9 Å². The number of aromatic nitrogens is 1. The average Bonchev–Trinajstić information content (AvgIpc) is 2.85. The minimum absolute atomic E-state index is 0.513. The van der Waals surface area contributed by atoms with Crippen molar-refractivity contribution in [3.05, 3.63) is 35.5 Å².